The Morgan fingerprint density at radius 3 is 2.58 bits per heavy atom. The van der Waals surface area contributed by atoms with Gasteiger partial charge in [-0.25, -0.2) is 4.79 Å². The number of pyridine rings is 1. The minimum absolute atomic E-state index is 0.0801. The third kappa shape index (κ3) is 3.85. The van der Waals surface area contributed by atoms with Crippen molar-refractivity contribution in [2.75, 3.05) is 0 Å². The first-order chi connectivity index (χ1) is 14.8. The van der Waals surface area contributed by atoms with Crippen LogP contribution in [-0.2, 0) is 16.1 Å². The Morgan fingerprint density at radius 1 is 1.19 bits per heavy atom. The van der Waals surface area contributed by atoms with Gasteiger partial charge in [-0.3, -0.25) is 19.6 Å². The fourth-order valence-corrected chi connectivity index (χ4v) is 4.24. The number of nitrogens with zero attached hydrogens (tertiary/aromatic N) is 2. The van der Waals surface area contributed by atoms with E-state index in [0.29, 0.717) is 5.56 Å². The van der Waals surface area contributed by atoms with Gasteiger partial charge in [0.15, 0.2) is 6.10 Å². The molecule has 0 saturated carbocycles. The Morgan fingerprint density at radius 2 is 1.97 bits per heavy atom. The molecule has 0 bridgehead atoms. The summed E-state index contributed by atoms with van der Waals surface area (Å²) >= 11 is 0. The first kappa shape index (κ1) is 20.8. The van der Waals surface area contributed by atoms with Gasteiger partial charge in [0.1, 0.15) is 0 Å². The molecule has 1 aliphatic heterocycles. The zero-order valence-electron chi connectivity index (χ0n) is 18.1. The molecule has 8 heteroatoms. The Balaban J connectivity index is 1.69. The number of fused-ring (bicyclic) bond motifs is 1. The number of benzene rings is 1. The van der Waals surface area contributed by atoms with Crippen LogP contribution >= 0.6 is 0 Å². The van der Waals surface area contributed by atoms with E-state index in [2.05, 4.69) is 15.4 Å². The number of ether oxygens (including phenoxy) is 1. The van der Waals surface area contributed by atoms with Gasteiger partial charge in [-0.2, -0.15) is 5.10 Å². The Hall–Kier alpha value is -3.42. The maximum absolute atomic E-state index is 13.0. The number of nitrogens with one attached hydrogen (secondary N) is 2. The van der Waals surface area contributed by atoms with E-state index in [1.807, 2.05) is 62.8 Å². The first-order valence-electron chi connectivity index (χ1n) is 10.5. The van der Waals surface area contributed by atoms with Gasteiger partial charge in [0.25, 0.3) is 11.5 Å². The van der Waals surface area contributed by atoms with Gasteiger partial charge in [0.05, 0.1) is 11.7 Å². The number of carbonyl (C=O) groups excluding carboxylic acids is 2. The Labute approximate surface area is 179 Å². The number of H-pyrrole nitrogens is 1. The minimum atomic E-state index is -0.877. The highest BCUT2D eigenvalue weighted by Gasteiger charge is 2.36. The second-order valence-corrected chi connectivity index (χ2v) is 8.31. The van der Waals surface area contributed by atoms with E-state index in [1.54, 1.807) is 0 Å². The van der Waals surface area contributed by atoms with Crippen molar-refractivity contribution in [3.63, 3.8) is 0 Å². The number of aromatic nitrogens is 3. The van der Waals surface area contributed by atoms with Gasteiger partial charge >= 0.3 is 6.09 Å². The number of aromatic amines is 1. The van der Waals surface area contributed by atoms with E-state index in [0.717, 1.165) is 34.3 Å². The average molecular weight is 422 g/mol. The van der Waals surface area contributed by atoms with Crippen molar-refractivity contribution in [1.82, 2.24) is 20.1 Å². The molecule has 3 aromatic rings. The minimum Gasteiger partial charge on any atom is -0.436 e. The lowest BCUT2D eigenvalue weighted by Gasteiger charge is -2.22. The summed E-state index contributed by atoms with van der Waals surface area (Å²) in [5.41, 5.74) is 4.11. The van der Waals surface area contributed by atoms with E-state index in [1.165, 1.54) is 0 Å². The SMILES string of the molecule is CCn1ncc2c(C)cc(-c3ccc(C(CC4OC(=O)NC4=O)C(C)C)c(=O)[nH]3)cc21. The lowest BCUT2D eigenvalue weighted by atomic mass is 9.84. The molecule has 1 saturated heterocycles. The molecule has 1 fully saturated rings. The van der Waals surface area contributed by atoms with Gasteiger partial charge in [-0.05, 0) is 49.4 Å². The lowest BCUT2D eigenvalue weighted by Crippen LogP contribution is -2.29. The fraction of sp³-hybridized carbons (Fsp3) is 0.391. The predicted octanol–water partition coefficient (Wildman–Crippen LogP) is 3.48. The number of imide groups is 1. The molecule has 0 spiro atoms. The highest BCUT2D eigenvalue weighted by atomic mass is 16.6. The number of alkyl carbamates (subject to hydrolysis) is 1. The van der Waals surface area contributed by atoms with Crippen LogP contribution in [0.2, 0.25) is 0 Å². The summed E-state index contributed by atoms with van der Waals surface area (Å²) in [4.78, 5) is 39.3. The van der Waals surface area contributed by atoms with E-state index >= 15 is 0 Å². The van der Waals surface area contributed by atoms with Gasteiger partial charge < -0.3 is 9.72 Å². The Kier molecular flexibility index (Phi) is 5.39. The highest BCUT2D eigenvalue weighted by Crippen LogP contribution is 2.31. The molecular formula is C23H26N4O4. The molecule has 3 heterocycles. The second-order valence-electron chi connectivity index (χ2n) is 8.31. The van der Waals surface area contributed by atoms with Crippen LogP contribution in [0.3, 0.4) is 0 Å². The van der Waals surface area contributed by atoms with E-state index in [4.69, 9.17) is 4.74 Å². The van der Waals surface area contributed by atoms with Crippen molar-refractivity contribution in [3.8, 4) is 11.3 Å². The number of aryl methyl sites for hydroxylation is 2. The number of hydrogen-bond acceptors (Lipinski definition) is 5. The van der Waals surface area contributed by atoms with Gasteiger partial charge in [0, 0.05) is 35.2 Å². The van der Waals surface area contributed by atoms with Crippen LogP contribution in [0.1, 0.15) is 44.2 Å². The molecule has 2 aromatic heterocycles. The van der Waals surface area contributed by atoms with E-state index in [-0.39, 0.29) is 23.8 Å². The van der Waals surface area contributed by atoms with E-state index < -0.39 is 18.1 Å². The third-order valence-corrected chi connectivity index (χ3v) is 5.96. The smallest absolute Gasteiger partial charge is 0.414 e. The van der Waals surface area contributed by atoms with Crippen molar-refractivity contribution in [2.24, 2.45) is 5.92 Å². The van der Waals surface area contributed by atoms with Crippen LogP contribution in [0.5, 0.6) is 0 Å². The third-order valence-electron chi connectivity index (χ3n) is 5.96. The number of cyclic esters (lactones) is 1. The van der Waals surface area contributed by atoms with Gasteiger partial charge in [-0.1, -0.05) is 19.9 Å². The van der Waals surface area contributed by atoms with Crippen molar-refractivity contribution in [3.05, 3.63) is 51.9 Å². The standard InChI is InChI=1S/C23H26N4O4/c1-5-27-19-9-14(8-13(4)17(19)11-24-27)18-7-6-15(21(28)25-18)16(12(2)3)10-20-22(29)26-23(30)31-20/h6-9,11-12,16,20H,5,10H2,1-4H3,(H,25,28)(H,26,29,30). The zero-order valence-corrected chi connectivity index (χ0v) is 18.1. The molecule has 8 nitrogen and oxygen atoms in total. The molecule has 2 unspecified atom stereocenters. The van der Waals surface area contributed by atoms with E-state index in [9.17, 15) is 14.4 Å². The van der Waals surface area contributed by atoms with Crippen molar-refractivity contribution < 1.29 is 14.3 Å². The monoisotopic (exact) mass is 422 g/mol. The highest BCUT2D eigenvalue weighted by molar-refractivity contribution is 5.99. The molecule has 0 radical (unpaired) electrons. The predicted molar refractivity (Wildman–Crippen MR) is 117 cm³/mol. The van der Waals surface area contributed by atoms with Crippen LogP contribution in [-0.4, -0.2) is 32.9 Å². The molecule has 31 heavy (non-hydrogen) atoms. The molecule has 4 rings (SSSR count). The van der Waals surface area contributed by atoms with Gasteiger partial charge in [-0.15, -0.1) is 0 Å². The number of carbonyl (C=O) groups is 2. The van der Waals surface area contributed by atoms with Crippen LogP contribution in [0.4, 0.5) is 4.79 Å². The fourth-order valence-electron chi connectivity index (χ4n) is 4.24. The summed E-state index contributed by atoms with van der Waals surface area (Å²) in [6.45, 7) is 8.80. The number of amides is 2. The topological polar surface area (TPSA) is 106 Å². The molecule has 2 N–H and O–H groups in total. The molecule has 2 amide bonds. The maximum Gasteiger partial charge on any atom is 0.414 e. The van der Waals surface area contributed by atoms with Crippen molar-refractivity contribution >= 4 is 22.9 Å². The molecular weight excluding hydrogens is 396 g/mol. The summed E-state index contributed by atoms with van der Waals surface area (Å²) in [7, 11) is 0. The number of hydrogen-bond donors (Lipinski definition) is 2. The largest absolute Gasteiger partial charge is 0.436 e. The van der Waals surface area contributed by atoms with Crippen LogP contribution in [0.25, 0.3) is 22.2 Å². The molecule has 1 aromatic carbocycles. The molecule has 2 atom stereocenters. The van der Waals surface area contributed by atoms with Crippen LogP contribution < -0.4 is 10.9 Å². The summed E-state index contributed by atoms with van der Waals surface area (Å²) in [6, 6.07) is 7.77. The second kappa shape index (κ2) is 8.02. The summed E-state index contributed by atoms with van der Waals surface area (Å²) in [6.07, 6.45) is 0.513. The molecule has 1 aliphatic rings. The quantitative estimate of drug-likeness (QED) is 0.633. The lowest BCUT2D eigenvalue weighted by molar-refractivity contribution is -0.123. The average Bonchev–Trinajstić information content (AvgIpc) is 3.28. The van der Waals surface area contributed by atoms with Crippen LogP contribution in [0, 0.1) is 12.8 Å². The van der Waals surface area contributed by atoms with Crippen molar-refractivity contribution in [2.45, 2.75) is 52.7 Å². The number of rotatable bonds is 6. The summed E-state index contributed by atoms with van der Waals surface area (Å²) < 4.78 is 6.99. The normalized spacial score (nSPS) is 17.3. The van der Waals surface area contributed by atoms with Crippen LogP contribution in [0.15, 0.2) is 35.3 Å². The summed E-state index contributed by atoms with van der Waals surface area (Å²) in [5, 5.41) is 7.65. The Bertz CT molecular complexity index is 1220. The summed E-state index contributed by atoms with van der Waals surface area (Å²) in [5.74, 6) is -0.609. The van der Waals surface area contributed by atoms with Gasteiger partial charge in [0.2, 0.25) is 0 Å². The zero-order chi connectivity index (χ0) is 22.3. The van der Waals surface area contributed by atoms with Crippen molar-refractivity contribution in [1.29, 1.82) is 0 Å². The molecule has 162 valence electrons. The maximum atomic E-state index is 13.0. The molecule has 0 aliphatic carbocycles. The first-order valence-corrected chi connectivity index (χ1v) is 10.5.